The van der Waals surface area contributed by atoms with Gasteiger partial charge in [-0.05, 0) is 12.1 Å². The van der Waals surface area contributed by atoms with Crippen molar-refractivity contribution in [2.45, 2.75) is 6.36 Å². The molecular weight excluding hydrogens is 304 g/mol. The van der Waals surface area contributed by atoms with E-state index in [2.05, 4.69) is 4.74 Å². The fraction of sp³-hybridized carbons (Fsp3) is 0.333. The second-order valence-corrected chi connectivity index (χ2v) is 3.29. The van der Waals surface area contributed by atoms with Gasteiger partial charge in [-0.15, -0.1) is 18.6 Å². The SMILES string of the molecule is F[B-](F)(F)c1cccc(OCCOC(F)(F)F)c1.[K+]. The molecule has 0 spiro atoms. The standard InChI is InChI=1S/C9H8BF6O2.K/c11-9(12,13)18-5-4-17-8-3-1-2-7(6-8)10(14,15)16;/h1-3,6H,4-5H2;/q-1;+1. The van der Waals surface area contributed by atoms with Crippen molar-refractivity contribution in [3.8, 4) is 5.75 Å². The summed E-state index contributed by atoms with van der Waals surface area (Å²) in [6.45, 7) is -6.44. The topological polar surface area (TPSA) is 18.5 Å². The number of hydrogen-bond donors (Lipinski definition) is 0. The molecule has 19 heavy (non-hydrogen) atoms. The van der Waals surface area contributed by atoms with Gasteiger partial charge < -0.3 is 17.7 Å². The Hall–Kier alpha value is 0.261. The summed E-state index contributed by atoms with van der Waals surface area (Å²) in [5.41, 5.74) is -0.871. The molecule has 0 aromatic heterocycles. The van der Waals surface area contributed by atoms with Crippen LogP contribution in [-0.2, 0) is 4.74 Å². The summed E-state index contributed by atoms with van der Waals surface area (Å²) in [5, 5.41) is 0. The van der Waals surface area contributed by atoms with Gasteiger partial charge in [0.1, 0.15) is 12.4 Å². The molecule has 0 aliphatic rings. The van der Waals surface area contributed by atoms with Crippen LogP contribution in [0.15, 0.2) is 24.3 Å². The first-order valence-corrected chi connectivity index (χ1v) is 4.82. The Morgan fingerprint density at radius 1 is 1.05 bits per heavy atom. The Kier molecular flexibility index (Phi) is 8.00. The van der Waals surface area contributed by atoms with Crippen molar-refractivity contribution >= 4 is 12.4 Å². The van der Waals surface area contributed by atoms with Crippen molar-refractivity contribution in [1.82, 2.24) is 0 Å². The van der Waals surface area contributed by atoms with Gasteiger partial charge >= 0.3 is 64.7 Å². The van der Waals surface area contributed by atoms with Gasteiger partial charge in [-0.25, -0.2) is 0 Å². The number of alkyl halides is 3. The molecule has 1 aromatic rings. The monoisotopic (exact) mass is 312 g/mol. The van der Waals surface area contributed by atoms with Crippen LogP contribution in [0.3, 0.4) is 0 Å². The summed E-state index contributed by atoms with van der Waals surface area (Å²) in [4.78, 5) is 0. The number of benzene rings is 1. The second kappa shape index (κ2) is 7.89. The molecule has 0 aliphatic carbocycles. The molecule has 1 rings (SSSR count). The first kappa shape index (κ1) is 19.3. The predicted molar refractivity (Wildman–Crippen MR) is 52.7 cm³/mol. The Morgan fingerprint density at radius 2 is 1.68 bits per heavy atom. The molecule has 0 radical (unpaired) electrons. The number of ether oxygens (including phenoxy) is 2. The molecule has 0 saturated carbocycles. The molecule has 0 heterocycles. The zero-order chi connectivity index (χ0) is 13.8. The molecule has 0 fully saturated rings. The minimum Gasteiger partial charge on any atom is -0.491 e. The third kappa shape index (κ3) is 8.20. The molecule has 0 atom stereocenters. The third-order valence-corrected chi connectivity index (χ3v) is 1.85. The van der Waals surface area contributed by atoms with Crippen molar-refractivity contribution < 1.29 is 87.0 Å². The van der Waals surface area contributed by atoms with Crippen LogP contribution >= 0.6 is 0 Å². The molecule has 0 aliphatic heterocycles. The Balaban J connectivity index is 0.00000324. The maximum atomic E-state index is 12.3. The van der Waals surface area contributed by atoms with E-state index in [1.807, 2.05) is 0 Å². The summed E-state index contributed by atoms with van der Waals surface area (Å²) in [7, 11) is 0. The minimum atomic E-state index is -5.16. The largest absolute Gasteiger partial charge is 1.00 e. The minimum absolute atomic E-state index is 0. The maximum Gasteiger partial charge on any atom is 1.00 e. The van der Waals surface area contributed by atoms with Gasteiger partial charge in [0.2, 0.25) is 0 Å². The Morgan fingerprint density at radius 3 is 2.21 bits per heavy atom. The predicted octanol–water partition coefficient (Wildman–Crippen LogP) is -0.340. The van der Waals surface area contributed by atoms with E-state index in [9.17, 15) is 26.1 Å². The zero-order valence-electron chi connectivity index (χ0n) is 9.89. The molecule has 0 N–H and O–H groups in total. The average molecular weight is 312 g/mol. The first-order valence-electron chi connectivity index (χ1n) is 4.82. The summed E-state index contributed by atoms with van der Waals surface area (Å²) < 4.78 is 79.9. The van der Waals surface area contributed by atoms with E-state index in [4.69, 9.17) is 4.74 Å². The van der Waals surface area contributed by atoms with E-state index >= 15 is 0 Å². The van der Waals surface area contributed by atoms with Crippen molar-refractivity contribution in [2.24, 2.45) is 0 Å². The molecule has 0 unspecified atom stereocenters. The van der Waals surface area contributed by atoms with Gasteiger partial charge in [-0.2, -0.15) is 0 Å². The van der Waals surface area contributed by atoms with Crippen LogP contribution in [0.1, 0.15) is 0 Å². The maximum absolute atomic E-state index is 12.3. The van der Waals surface area contributed by atoms with E-state index in [1.165, 1.54) is 6.07 Å². The Labute approximate surface area is 147 Å². The number of halogens is 6. The molecule has 102 valence electrons. The summed E-state index contributed by atoms with van der Waals surface area (Å²) in [6, 6.07) is 3.93. The van der Waals surface area contributed by atoms with E-state index in [0.717, 1.165) is 18.2 Å². The van der Waals surface area contributed by atoms with E-state index in [0.29, 0.717) is 0 Å². The Bertz CT molecular complexity index is 395. The van der Waals surface area contributed by atoms with Gasteiger partial charge in [0, 0.05) is 0 Å². The van der Waals surface area contributed by atoms with Gasteiger partial charge in [-0.3, -0.25) is 4.74 Å². The van der Waals surface area contributed by atoms with Crippen LogP contribution in [0, 0.1) is 0 Å². The van der Waals surface area contributed by atoms with Crippen LogP contribution in [-0.4, -0.2) is 26.6 Å². The number of rotatable bonds is 5. The summed E-state index contributed by atoms with van der Waals surface area (Å²) in [6.07, 6.45) is -4.78. The number of hydrogen-bond acceptors (Lipinski definition) is 2. The third-order valence-electron chi connectivity index (χ3n) is 1.85. The average Bonchev–Trinajstić information content (AvgIpc) is 2.22. The molecular formula is C9H8BF6KO2. The quantitative estimate of drug-likeness (QED) is 0.421. The summed E-state index contributed by atoms with van der Waals surface area (Å²) in [5.74, 6) is -0.155. The molecule has 0 saturated heterocycles. The van der Waals surface area contributed by atoms with Gasteiger partial charge in [0.25, 0.3) is 0 Å². The molecule has 10 heteroatoms. The molecule has 0 bridgehead atoms. The normalized spacial score (nSPS) is 11.9. The first-order chi connectivity index (χ1) is 8.18. The van der Waals surface area contributed by atoms with Crippen molar-refractivity contribution in [3.05, 3.63) is 24.3 Å². The van der Waals surface area contributed by atoms with Gasteiger partial charge in [0.15, 0.2) is 0 Å². The van der Waals surface area contributed by atoms with Gasteiger partial charge in [-0.1, -0.05) is 12.1 Å². The van der Waals surface area contributed by atoms with E-state index in [1.54, 1.807) is 0 Å². The van der Waals surface area contributed by atoms with Crippen LogP contribution in [0.2, 0.25) is 0 Å². The van der Waals surface area contributed by atoms with Crippen LogP contribution in [0.5, 0.6) is 5.75 Å². The summed E-state index contributed by atoms with van der Waals surface area (Å²) >= 11 is 0. The molecule has 2 nitrogen and oxygen atoms in total. The van der Waals surface area contributed by atoms with Crippen LogP contribution in [0.25, 0.3) is 0 Å². The van der Waals surface area contributed by atoms with Crippen LogP contribution < -0.4 is 61.6 Å². The second-order valence-electron chi connectivity index (χ2n) is 3.29. The van der Waals surface area contributed by atoms with Crippen LogP contribution in [0.4, 0.5) is 26.1 Å². The van der Waals surface area contributed by atoms with Gasteiger partial charge in [0.05, 0.1) is 6.61 Å². The molecule has 0 amide bonds. The van der Waals surface area contributed by atoms with Crippen molar-refractivity contribution in [3.63, 3.8) is 0 Å². The van der Waals surface area contributed by atoms with E-state index in [-0.39, 0.29) is 57.1 Å². The van der Waals surface area contributed by atoms with E-state index < -0.39 is 32.0 Å². The van der Waals surface area contributed by atoms with Crippen molar-refractivity contribution in [1.29, 1.82) is 0 Å². The molecule has 1 aromatic carbocycles. The zero-order valence-corrected chi connectivity index (χ0v) is 13.0. The van der Waals surface area contributed by atoms with Crippen molar-refractivity contribution in [2.75, 3.05) is 13.2 Å². The fourth-order valence-corrected chi connectivity index (χ4v) is 1.12. The fourth-order valence-electron chi connectivity index (χ4n) is 1.12. The smallest absolute Gasteiger partial charge is 0.491 e.